The third-order valence-corrected chi connectivity index (χ3v) is 7.16. The van der Waals surface area contributed by atoms with Crippen LogP contribution in [0.1, 0.15) is 73.0 Å². The topological polar surface area (TPSA) is 78.9 Å². The van der Waals surface area contributed by atoms with Gasteiger partial charge in [0.1, 0.15) is 0 Å². The van der Waals surface area contributed by atoms with Crippen molar-refractivity contribution >= 4 is 29.5 Å². The van der Waals surface area contributed by atoms with Crippen molar-refractivity contribution in [1.29, 1.82) is 0 Å². The Morgan fingerprint density at radius 3 is 2.42 bits per heavy atom. The zero-order chi connectivity index (χ0) is 27.2. The first-order valence-electron chi connectivity index (χ1n) is 13.3. The second kappa shape index (κ2) is 12.0. The number of nitrogens with two attached hydrogens (primary N) is 1. The van der Waals surface area contributed by atoms with Crippen molar-refractivity contribution in [2.75, 3.05) is 11.4 Å². The van der Waals surface area contributed by atoms with E-state index in [9.17, 15) is 4.79 Å². The van der Waals surface area contributed by atoms with Crippen LogP contribution in [0.15, 0.2) is 84.0 Å². The molecule has 0 aromatic heterocycles. The van der Waals surface area contributed by atoms with E-state index in [4.69, 9.17) is 10.8 Å². The largest absolute Gasteiger partial charge is 0.478 e. The molecule has 4 rings (SSSR count). The molecule has 196 valence electrons. The highest BCUT2D eigenvalue weighted by Gasteiger charge is 2.33. The lowest BCUT2D eigenvalue weighted by Gasteiger charge is -2.44. The van der Waals surface area contributed by atoms with Crippen molar-refractivity contribution in [2.45, 2.75) is 52.1 Å². The molecule has 3 N–H and O–H groups in total. The predicted octanol–water partition coefficient (Wildman–Crippen LogP) is 6.84. The molecule has 5 heteroatoms. The molecule has 0 spiro atoms. The molecule has 3 aromatic rings. The van der Waals surface area contributed by atoms with Crippen LogP contribution in [-0.2, 0) is 11.2 Å². The molecular weight excluding hydrogens is 470 g/mol. The summed E-state index contributed by atoms with van der Waals surface area (Å²) in [5, 5.41) is 9.00. The van der Waals surface area contributed by atoms with Crippen molar-refractivity contribution in [3.63, 3.8) is 0 Å². The number of rotatable bonds is 8. The molecule has 38 heavy (non-hydrogen) atoms. The summed E-state index contributed by atoms with van der Waals surface area (Å²) in [6.45, 7) is 9.43. The van der Waals surface area contributed by atoms with Gasteiger partial charge in [0.15, 0.2) is 0 Å². The molecule has 3 aromatic carbocycles. The molecule has 1 aliphatic heterocycles. The summed E-state index contributed by atoms with van der Waals surface area (Å²) in [6, 6.07) is 24.0. The van der Waals surface area contributed by atoms with Gasteiger partial charge in [0.2, 0.25) is 0 Å². The fraction of sp³-hybridized carbons (Fsp3) is 0.273. The Hall–Kier alpha value is -4.12. The van der Waals surface area contributed by atoms with Crippen LogP contribution in [0.3, 0.4) is 0 Å². The predicted molar refractivity (Wildman–Crippen MR) is 159 cm³/mol. The van der Waals surface area contributed by atoms with Gasteiger partial charge < -0.3 is 15.7 Å². The van der Waals surface area contributed by atoms with Gasteiger partial charge in [-0.05, 0) is 77.8 Å². The van der Waals surface area contributed by atoms with Gasteiger partial charge in [-0.25, -0.2) is 4.79 Å². The smallest absolute Gasteiger partial charge is 0.328 e. The van der Waals surface area contributed by atoms with E-state index in [-0.39, 0.29) is 12.1 Å². The first-order chi connectivity index (χ1) is 18.3. The first-order valence-corrected chi connectivity index (χ1v) is 13.3. The molecule has 1 heterocycles. The van der Waals surface area contributed by atoms with Crippen LogP contribution in [0.2, 0.25) is 0 Å². The minimum Gasteiger partial charge on any atom is -0.478 e. The van der Waals surface area contributed by atoms with Crippen LogP contribution >= 0.6 is 0 Å². The molecule has 0 amide bonds. The van der Waals surface area contributed by atoms with E-state index in [1.54, 1.807) is 12.3 Å². The van der Waals surface area contributed by atoms with E-state index in [0.717, 1.165) is 28.7 Å². The summed E-state index contributed by atoms with van der Waals surface area (Å²) in [7, 11) is 0. The van der Waals surface area contributed by atoms with Gasteiger partial charge in [-0.3, -0.25) is 4.99 Å². The number of carboxylic acids is 1. The van der Waals surface area contributed by atoms with Crippen molar-refractivity contribution in [2.24, 2.45) is 10.7 Å². The van der Waals surface area contributed by atoms with Gasteiger partial charge in [-0.15, -0.1) is 0 Å². The number of fused-ring (bicyclic) bond motifs is 1. The number of nitrogens with zero attached hydrogens (tertiary/aromatic N) is 2. The maximum Gasteiger partial charge on any atom is 0.328 e. The molecule has 2 atom stereocenters. The second-order valence-electron chi connectivity index (χ2n) is 10.1. The maximum absolute atomic E-state index is 11.0. The molecule has 0 radical (unpaired) electrons. The second-order valence-corrected chi connectivity index (χ2v) is 10.1. The molecule has 0 aliphatic carbocycles. The Morgan fingerprint density at radius 1 is 1.11 bits per heavy atom. The van der Waals surface area contributed by atoms with E-state index in [2.05, 4.69) is 85.3 Å². The van der Waals surface area contributed by atoms with Crippen molar-refractivity contribution in [3.8, 4) is 0 Å². The van der Waals surface area contributed by atoms with Gasteiger partial charge in [0.25, 0.3) is 0 Å². The number of anilines is 1. The normalized spacial score (nSPS) is 17.9. The van der Waals surface area contributed by atoms with E-state index in [1.807, 2.05) is 25.3 Å². The number of aliphatic imine (C=N–C) groups is 1. The third-order valence-electron chi connectivity index (χ3n) is 7.16. The van der Waals surface area contributed by atoms with E-state index < -0.39 is 5.97 Å². The van der Waals surface area contributed by atoms with Crippen LogP contribution in [0.4, 0.5) is 5.69 Å². The fourth-order valence-corrected chi connectivity index (χ4v) is 5.19. The van der Waals surface area contributed by atoms with E-state index >= 15 is 0 Å². The molecule has 0 unspecified atom stereocenters. The number of carboxylic acid groups (broad SMARTS) is 1. The van der Waals surface area contributed by atoms with Crippen molar-refractivity contribution < 1.29 is 9.90 Å². The first kappa shape index (κ1) is 26.9. The molecule has 0 bridgehead atoms. The lowest BCUT2D eigenvalue weighted by atomic mass is 9.83. The number of hydrogen-bond donors (Lipinski definition) is 2. The fourth-order valence-electron chi connectivity index (χ4n) is 5.19. The summed E-state index contributed by atoms with van der Waals surface area (Å²) in [6.07, 6.45) is 7.17. The third kappa shape index (κ3) is 5.88. The Labute approximate surface area is 226 Å². The standard InChI is InChI=1S/C33H37N3O2/c1-5-35-21-29(20-34)27-13-16-31-28(19-27)18-23(4)36(30-14-11-25(12-15-30)22(2)3)33(31)26-9-6-24(7-10-26)8-17-32(37)38/h6-17,19-23,33H,5,18,34H2,1-4H3,(H,37,38)/b17-8+,29-20?,35-21?/t23-,33-/m1/s1. The summed E-state index contributed by atoms with van der Waals surface area (Å²) < 4.78 is 0. The highest BCUT2D eigenvalue weighted by molar-refractivity contribution is 6.09. The zero-order valence-electron chi connectivity index (χ0n) is 22.6. The van der Waals surface area contributed by atoms with Crippen LogP contribution in [0.25, 0.3) is 11.6 Å². The van der Waals surface area contributed by atoms with E-state index in [1.165, 1.54) is 28.5 Å². The molecule has 5 nitrogen and oxygen atoms in total. The average Bonchev–Trinajstić information content (AvgIpc) is 2.92. The number of allylic oxidation sites excluding steroid dienone is 1. The quantitative estimate of drug-likeness (QED) is 0.258. The van der Waals surface area contributed by atoms with Crippen LogP contribution in [0, 0.1) is 0 Å². The van der Waals surface area contributed by atoms with Gasteiger partial charge in [-0.2, -0.15) is 0 Å². The van der Waals surface area contributed by atoms with Gasteiger partial charge >= 0.3 is 5.97 Å². The Bertz CT molecular complexity index is 1350. The monoisotopic (exact) mass is 507 g/mol. The lowest BCUT2D eigenvalue weighted by Crippen LogP contribution is -2.43. The van der Waals surface area contributed by atoms with Gasteiger partial charge in [0, 0.05) is 42.3 Å². The minimum atomic E-state index is -0.953. The average molecular weight is 508 g/mol. The summed E-state index contributed by atoms with van der Waals surface area (Å²) in [5.41, 5.74) is 15.0. The zero-order valence-corrected chi connectivity index (χ0v) is 22.6. The van der Waals surface area contributed by atoms with E-state index in [0.29, 0.717) is 12.5 Å². The molecule has 0 saturated heterocycles. The Morgan fingerprint density at radius 2 is 1.82 bits per heavy atom. The number of carbonyl (C=O) groups is 1. The maximum atomic E-state index is 11.0. The van der Waals surface area contributed by atoms with Crippen LogP contribution in [-0.4, -0.2) is 29.9 Å². The van der Waals surface area contributed by atoms with Crippen molar-refractivity contribution in [3.05, 3.63) is 112 Å². The SMILES string of the molecule is CCN=CC(=CN)c1ccc2c(c1)C[C@@H](C)N(c1ccc(C(C)C)cc1)[C@@H]2c1ccc(/C=C/C(=O)O)cc1. The molecule has 0 fully saturated rings. The number of benzene rings is 3. The van der Waals surface area contributed by atoms with Crippen LogP contribution < -0.4 is 10.6 Å². The summed E-state index contributed by atoms with van der Waals surface area (Å²) in [4.78, 5) is 17.9. The number of aliphatic carboxylic acids is 1. The highest BCUT2D eigenvalue weighted by Crippen LogP contribution is 2.42. The van der Waals surface area contributed by atoms with Gasteiger partial charge in [-0.1, -0.05) is 68.4 Å². The summed E-state index contributed by atoms with van der Waals surface area (Å²) in [5.74, 6) is -0.476. The van der Waals surface area contributed by atoms with Gasteiger partial charge in [0.05, 0.1) is 6.04 Å². The van der Waals surface area contributed by atoms with Crippen LogP contribution in [0.5, 0.6) is 0 Å². The Balaban J connectivity index is 1.81. The molecule has 1 aliphatic rings. The molecule has 0 saturated carbocycles. The summed E-state index contributed by atoms with van der Waals surface area (Å²) >= 11 is 0. The number of hydrogen-bond acceptors (Lipinski definition) is 4. The highest BCUT2D eigenvalue weighted by atomic mass is 16.4. The Kier molecular flexibility index (Phi) is 8.47. The van der Waals surface area contributed by atoms with Crippen molar-refractivity contribution in [1.82, 2.24) is 0 Å². The molecular formula is C33H37N3O2. The lowest BCUT2D eigenvalue weighted by molar-refractivity contribution is -0.131. The minimum absolute atomic E-state index is 0.0137.